The van der Waals surface area contributed by atoms with Crippen LogP contribution in [-0.2, 0) is 0 Å². The maximum Gasteiger partial charge on any atom is 0.171 e. The van der Waals surface area contributed by atoms with E-state index in [1.165, 1.54) is 30.8 Å². The van der Waals surface area contributed by atoms with E-state index in [1.807, 2.05) is 6.07 Å². The molecule has 1 atom stereocenters. The first kappa shape index (κ1) is 13.4. The van der Waals surface area contributed by atoms with Crippen molar-refractivity contribution in [3.05, 3.63) is 10.9 Å². The molecule has 1 aromatic rings. The summed E-state index contributed by atoms with van der Waals surface area (Å²) in [6.45, 7) is 8.24. The van der Waals surface area contributed by atoms with Crippen molar-refractivity contribution < 1.29 is 4.79 Å². The number of carbonyl (C=O) groups excluding carboxylic acids is 1. The van der Waals surface area contributed by atoms with Gasteiger partial charge in [-0.25, -0.2) is 0 Å². The average Bonchev–Trinajstić information content (AvgIpc) is 2.92. The summed E-state index contributed by atoms with van der Waals surface area (Å²) in [5.41, 5.74) is 6.41. The molecular formula is C13H21N3OS. The lowest BCUT2D eigenvalue weighted by atomic mass is 10.1. The minimum Gasteiger partial charge on any atom is -0.397 e. The molecule has 0 saturated carbocycles. The van der Waals surface area contributed by atoms with E-state index in [0.29, 0.717) is 16.5 Å². The van der Waals surface area contributed by atoms with E-state index in [0.717, 1.165) is 18.1 Å². The van der Waals surface area contributed by atoms with Crippen LogP contribution in [0.1, 0.15) is 29.9 Å². The first-order valence-corrected chi connectivity index (χ1v) is 7.28. The third-order valence-electron chi connectivity index (χ3n) is 3.46. The van der Waals surface area contributed by atoms with Crippen molar-refractivity contribution in [2.24, 2.45) is 5.92 Å². The number of anilines is 2. The quantitative estimate of drug-likeness (QED) is 0.804. The molecule has 0 aliphatic carbocycles. The summed E-state index contributed by atoms with van der Waals surface area (Å²) >= 11 is 1.46. The van der Waals surface area contributed by atoms with Gasteiger partial charge in [-0.05, 0) is 31.5 Å². The summed E-state index contributed by atoms with van der Waals surface area (Å²) in [4.78, 5) is 14.5. The van der Waals surface area contributed by atoms with Gasteiger partial charge in [-0.2, -0.15) is 0 Å². The molecule has 2 heterocycles. The Balaban J connectivity index is 1.87. The molecular weight excluding hydrogens is 246 g/mol. The topological polar surface area (TPSA) is 58.4 Å². The second-order valence-electron chi connectivity index (χ2n) is 4.88. The van der Waals surface area contributed by atoms with Gasteiger partial charge in [0, 0.05) is 20.0 Å². The van der Waals surface area contributed by atoms with Crippen LogP contribution in [0.4, 0.5) is 10.7 Å². The van der Waals surface area contributed by atoms with E-state index in [9.17, 15) is 4.79 Å². The van der Waals surface area contributed by atoms with Crippen LogP contribution in [0.3, 0.4) is 0 Å². The molecule has 0 amide bonds. The molecule has 4 nitrogen and oxygen atoms in total. The molecule has 1 aliphatic rings. The second-order valence-corrected chi connectivity index (χ2v) is 5.93. The van der Waals surface area contributed by atoms with Crippen molar-refractivity contribution >= 4 is 27.8 Å². The van der Waals surface area contributed by atoms with Gasteiger partial charge < -0.3 is 16.0 Å². The molecule has 100 valence electrons. The molecule has 1 unspecified atom stereocenters. The lowest BCUT2D eigenvalue weighted by molar-refractivity contribution is 0.102. The van der Waals surface area contributed by atoms with Gasteiger partial charge in [0.1, 0.15) is 0 Å². The van der Waals surface area contributed by atoms with Crippen LogP contribution in [0.25, 0.3) is 0 Å². The van der Waals surface area contributed by atoms with Crippen LogP contribution in [0, 0.1) is 5.92 Å². The normalized spacial score (nSPS) is 20.2. The van der Waals surface area contributed by atoms with Crippen molar-refractivity contribution in [1.82, 2.24) is 4.90 Å². The van der Waals surface area contributed by atoms with E-state index in [4.69, 9.17) is 5.73 Å². The number of likely N-dealkylation sites (tertiary alicyclic amines) is 1. The van der Waals surface area contributed by atoms with Gasteiger partial charge in [-0.1, -0.05) is 6.92 Å². The highest BCUT2D eigenvalue weighted by Crippen LogP contribution is 2.30. The first-order chi connectivity index (χ1) is 8.60. The van der Waals surface area contributed by atoms with Crippen LogP contribution < -0.4 is 11.1 Å². The van der Waals surface area contributed by atoms with Gasteiger partial charge >= 0.3 is 0 Å². The monoisotopic (exact) mass is 267 g/mol. The number of nitrogens with two attached hydrogens (primary N) is 1. The van der Waals surface area contributed by atoms with E-state index in [-0.39, 0.29) is 5.78 Å². The summed E-state index contributed by atoms with van der Waals surface area (Å²) in [5, 5.41) is 4.41. The van der Waals surface area contributed by atoms with Crippen LogP contribution in [0.5, 0.6) is 0 Å². The van der Waals surface area contributed by atoms with E-state index in [1.54, 1.807) is 6.92 Å². The van der Waals surface area contributed by atoms with Crippen molar-refractivity contribution in [2.75, 3.05) is 37.2 Å². The van der Waals surface area contributed by atoms with Gasteiger partial charge in [0.25, 0.3) is 0 Å². The predicted molar refractivity (Wildman–Crippen MR) is 77.4 cm³/mol. The number of carbonyl (C=O) groups is 1. The van der Waals surface area contributed by atoms with Crippen LogP contribution in [0.2, 0.25) is 0 Å². The fourth-order valence-electron chi connectivity index (χ4n) is 2.38. The lowest BCUT2D eigenvalue weighted by Crippen LogP contribution is -2.22. The number of nitrogens with zero attached hydrogens (tertiary/aromatic N) is 1. The largest absolute Gasteiger partial charge is 0.397 e. The smallest absolute Gasteiger partial charge is 0.171 e. The SMILES string of the molecule is CCN1CCC(CNc2cc(N)c(C(C)=O)s2)C1. The Morgan fingerprint density at radius 1 is 1.67 bits per heavy atom. The molecule has 0 bridgehead atoms. The molecule has 0 aromatic carbocycles. The molecule has 1 fully saturated rings. The number of thiophene rings is 1. The Morgan fingerprint density at radius 3 is 3.00 bits per heavy atom. The van der Waals surface area contributed by atoms with E-state index < -0.39 is 0 Å². The zero-order chi connectivity index (χ0) is 13.1. The Hall–Kier alpha value is -1.07. The maximum absolute atomic E-state index is 11.3. The highest BCUT2D eigenvalue weighted by atomic mass is 32.1. The molecule has 5 heteroatoms. The van der Waals surface area contributed by atoms with Gasteiger partial charge in [-0.15, -0.1) is 11.3 Å². The molecule has 1 saturated heterocycles. The van der Waals surface area contributed by atoms with Crippen molar-refractivity contribution in [2.45, 2.75) is 20.3 Å². The number of Topliss-reactive ketones (excluding diaryl/α,β-unsaturated/α-hetero) is 1. The van der Waals surface area contributed by atoms with Gasteiger partial charge in [0.15, 0.2) is 5.78 Å². The van der Waals surface area contributed by atoms with E-state index in [2.05, 4.69) is 17.1 Å². The highest BCUT2D eigenvalue weighted by Gasteiger charge is 2.21. The number of hydrogen-bond donors (Lipinski definition) is 2. The van der Waals surface area contributed by atoms with Crippen LogP contribution in [-0.4, -0.2) is 36.9 Å². The van der Waals surface area contributed by atoms with Gasteiger partial charge in [-0.3, -0.25) is 4.79 Å². The van der Waals surface area contributed by atoms with Crippen molar-refractivity contribution in [3.63, 3.8) is 0 Å². The maximum atomic E-state index is 11.3. The number of rotatable bonds is 5. The summed E-state index contributed by atoms with van der Waals surface area (Å²) in [7, 11) is 0. The van der Waals surface area contributed by atoms with Crippen molar-refractivity contribution in [3.8, 4) is 0 Å². The molecule has 0 spiro atoms. The van der Waals surface area contributed by atoms with Gasteiger partial charge in [0.05, 0.1) is 15.6 Å². The minimum atomic E-state index is 0.0450. The number of nitrogens with one attached hydrogen (secondary N) is 1. The second kappa shape index (κ2) is 5.71. The number of hydrogen-bond acceptors (Lipinski definition) is 5. The molecule has 1 aromatic heterocycles. The average molecular weight is 267 g/mol. The molecule has 3 N–H and O–H groups in total. The zero-order valence-electron chi connectivity index (χ0n) is 11.0. The Labute approximate surface area is 112 Å². The fourth-order valence-corrected chi connectivity index (χ4v) is 3.26. The summed E-state index contributed by atoms with van der Waals surface area (Å²) in [5.74, 6) is 0.748. The standard InChI is InChI=1S/C13H21N3OS/c1-3-16-5-4-10(8-16)7-15-12-6-11(14)13(18-12)9(2)17/h6,10,15H,3-5,7-8,14H2,1-2H3. The summed E-state index contributed by atoms with van der Waals surface area (Å²) in [6.07, 6.45) is 1.25. The van der Waals surface area contributed by atoms with Crippen LogP contribution >= 0.6 is 11.3 Å². The minimum absolute atomic E-state index is 0.0450. The third kappa shape index (κ3) is 3.03. The first-order valence-electron chi connectivity index (χ1n) is 6.46. The van der Waals surface area contributed by atoms with Gasteiger partial charge in [0.2, 0.25) is 0 Å². The van der Waals surface area contributed by atoms with Crippen molar-refractivity contribution in [1.29, 1.82) is 0 Å². The fraction of sp³-hybridized carbons (Fsp3) is 0.615. The Morgan fingerprint density at radius 2 is 2.44 bits per heavy atom. The summed E-state index contributed by atoms with van der Waals surface area (Å²) < 4.78 is 0. The Kier molecular flexibility index (Phi) is 4.24. The number of nitrogen functional groups attached to an aromatic ring is 1. The highest BCUT2D eigenvalue weighted by molar-refractivity contribution is 7.18. The molecule has 1 aliphatic heterocycles. The van der Waals surface area contributed by atoms with Crippen LogP contribution in [0.15, 0.2) is 6.07 Å². The molecule has 0 radical (unpaired) electrons. The molecule has 2 rings (SSSR count). The Bertz CT molecular complexity index is 430. The number of ketones is 1. The summed E-state index contributed by atoms with van der Waals surface area (Å²) in [6, 6.07) is 1.87. The third-order valence-corrected chi connectivity index (χ3v) is 4.67. The predicted octanol–water partition coefficient (Wildman–Crippen LogP) is 2.29. The lowest BCUT2D eigenvalue weighted by Gasteiger charge is -2.13. The zero-order valence-corrected chi connectivity index (χ0v) is 11.8. The van der Waals surface area contributed by atoms with E-state index >= 15 is 0 Å². The molecule has 18 heavy (non-hydrogen) atoms.